The highest BCUT2D eigenvalue weighted by atomic mass is 35.5. The third kappa shape index (κ3) is 4.86. The lowest BCUT2D eigenvalue weighted by molar-refractivity contribution is 0.102. The molecule has 3 rings (SSSR count). The molecule has 2 aromatic carbocycles. The fraction of sp³-hybridized carbons (Fsp3) is 0.333. The maximum absolute atomic E-state index is 12.6. The molecule has 27 heavy (non-hydrogen) atoms. The van der Waals surface area contributed by atoms with Gasteiger partial charge in [-0.15, -0.1) is 0 Å². The lowest BCUT2D eigenvalue weighted by atomic mass is 10.0. The van der Waals surface area contributed by atoms with Crippen LogP contribution in [0.25, 0.3) is 0 Å². The van der Waals surface area contributed by atoms with Crippen molar-refractivity contribution >= 4 is 23.2 Å². The summed E-state index contributed by atoms with van der Waals surface area (Å²) in [4.78, 5) is 15.0. The summed E-state index contributed by atoms with van der Waals surface area (Å²) in [6, 6.07) is 12.9. The number of nitriles is 1. The van der Waals surface area contributed by atoms with Gasteiger partial charge in [-0.3, -0.25) is 9.69 Å². The average molecular weight is 383 g/mol. The molecule has 1 aliphatic heterocycles. The molecule has 1 fully saturated rings. The van der Waals surface area contributed by atoms with Gasteiger partial charge >= 0.3 is 0 Å². The molecule has 0 bridgehead atoms. The van der Waals surface area contributed by atoms with Gasteiger partial charge in [0, 0.05) is 48.5 Å². The zero-order valence-corrected chi connectivity index (χ0v) is 16.3. The van der Waals surface area contributed by atoms with Crippen LogP contribution >= 0.6 is 11.6 Å². The number of nitrogens with zero attached hydrogens (tertiary/aromatic N) is 2. The van der Waals surface area contributed by atoms with Gasteiger partial charge < -0.3 is 10.6 Å². The van der Waals surface area contributed by atoms with Crippen LogP contribution in [0.15, 0.2) is 36.4 Å². The Kier molecular flexibility index (Phi) is 6.12. The summed E-state index contributed by atoms with van der Waals surface area (Å²) in [5, 5.41) is 16.0. The van der Waals surface area contributed by atoms with Crippen molar-refractivity contribution in [1.29, 1.82) is 5.26 Å². The topological polar surface area (TPSA) is 68.2 Å². The monoisotopic (exact) mass is 382 g/mol. The molecule has 0 saturated carbocycles. The molecule has 0 radical (unpaired) electrons. The molecule has 0 spiro atoms. The second-order valence-corrected chi connectivity index (χ2v) is 7.41. The summed E-state index contributed by atoms with van der Waals surface area (Å²) in [7, 11) is 0. The van der Waals surface area contributed by atoms with Crippen molar-refractivity contribution in [1.82, 2.24) is 10.2 Å². The lowest BCUT2D eigenvalue weighted by Crippen LogP contribution is -2.48. The van der Waals surface area contributed by atoms with E-state index in [1.807, 2.05) is 13.0 Å². The standard InChI is InChI=1S/C21H23ClN4O/c1-14-12-26(7-6-24-14)13-18-9-19(22)10-20(15(18)2)25-21(27)17-5-3-4-16(8-17)11-23/h3-5,8-10,14,24H,6-7,12-13H2,1-2H3,(H,25,27)/t14-/m0/s1. The number of benzene rings is 2. The second-order valence-electron chi connectivity index (χ2n) is 6.97. The normalized spacial score (nSPS) is 17.3. The molecule has 1 heterocycles. The summed E-state index contributed by atoms with van der Waals surface area (Å²) < 4.78 is 0. The molecule has 140 valence electrons. The highest BCUT2D eigenvalue weighted by molar-refractivity contribution is 6.31. The van der Waals surface area contributed by atoms with E-state index in [4.69, 9.17) is 16.9 Å². The smallest absolute Gasteiger partial charge is 0.255 e. The highest BCUT2D eigenvalue weighted by Gasteiger charge is 2.18. The van der Waals surface area contributed by atoms with Crippen molar-refractivity contribution in [2.75, 3.05) is 25.0 Å². The average Bonchev–Trinajstić information content (AvgIpc) is 2.65. The van der Waals surface area contributed by atoms with E-state index >= 15 is 0 Å². The third-order valence-electron chi connectivity index (χ3n) is 4.83. The maximum Gasteiger partial charge on any atom is 0.255 e. The summed E-state index contributed by atoms with van der Waals surface area (Å²) in [6.45, 7) is 7.91. The number of rotatable bonds is 4. The van der Waals surface area contributed by atoms with Crippen LogP contribution in [0.5, 0.6) is 0 Å². The van der Waals surface area contributed by atoms with Crippen molar-refractivity contribution < 1.29 is 4.79 Å². The molecular weight excluding hydrogens is 360 g/mol. The second kappa shape index (κ2) is 8.53. The quantitative estimate of drug-likeness (QED) is 0.848. The van der Waals surface area contributed by atoms with Gasteiger partial charge in [-0.25, -0.2) is 0 Å². The number of carbonyl (C=O) groups is 1. The number of piperazine rings is 1. The largest absolute Gasteiger partial charge is 0.322 e. The van der Waals surface area contributed by atoms with E-state index in [2.05, 4.69) is 28.5 Å². The van der Waals surface area contributed by atoms with Gasteiger partial charge in [-0.2, -0.15) is 5.26 Å². The Bertz CT molecular complexity index is 890. The molecule has 6 heteroatoms. The zero-order valence-electron chi connectivity index (χ0n) is 15.6. The predicted octanol–water partition coefficient (Wildman–Crippen LogP) is 3.57. The Morgan fingerprint density at radius 1 is 1.41 bits per heavy atom. The van der Waals surface area contributed by atoms with Crippen molar-refractivity contribution in [2.45, 2.75) is 26.4 Å². The minimum absolute atomic E-state index is 0.251. The highest BCUT2D eigenvalue weighted by Crippen LogP contribution is 2.27. The zero-order chi connectivity index (χ0) is 19.4. The molecule has 5 nitrogen and oxygen atoms in total. The Hall–Kier alpha value is -2.39. The maximum atomic E-state index is 12.6. The van der Waals surface area contributed by atoms with E-state index in [9.17, 15) is 4.79 Å². The molecule has 1 aliphatic rings. The minimum Gasteiger partial charge on any atom is -0.322 e. The minimum atomic E-state index is -0.251. The first-order valence-electron chi connectivity index (χ1n) is 9.02. The Morgan fingerprint density at radius 3 is 2.96 bits per heavy atom. The van der Waals surface area contributed by atoms with E-state index in [0.29, 0.717) is 27.9 Å². The van der Waals surface area contributed by atoms with Crippen LogP contribution in [0.3, 0.4) is 0 Å². The molecule has 0 unspecified atom stereocenters. The van der Waals surface area contributed by atoms with E-state index in [1.165, 1.54) is 0 Å². The van der Waals surface area contributed by atoms with Gasteiger partial charge in [0.15, 0.2) is 0 Å². The molecule has 1 atom stereocenters. The first-order chi connectivity index (χ1) is 13.0. The van der Waals surface area contributed by atoms with E-state index in [1.54, 1.807) is 30.3 Å². The Labute approximate surface area is 164 Å². The number of amides is 1. The van der Waals surface area contributed by atoms with Gasteiger partial charge in [-0.1, -0.05) is 17.7 Å². The number of hydrogen-bond acceptors (Lipinski definition) is 4. The van der Waals surface area contributed by atoms with E-state index < -0.39 is 0 Å². The van der Waals surface area contributed by atoms with Crippen LogP contribution in [-0.2, 0) is 6.54 Å². The van der Waals surface area contributed by atoms with Crippen LogP contribution in [0.2, 0.25) is 5.02 Å². The molecule has 2 N–H and O–H groups in total. The molecule has 2 aromatic rings. The predicted molar refractivity (Wildman–Crippen MR) is 108 cm³/mol. The van der Waals surface area contributed by atoms with E-state index in [0.717, 1.165) is 37.3 Å². The van der Waals surface area contributed by atoms with Crippen molar-refractivity contribution in [2.24, 2.45) is 0 Å². The van der Waals surface area contributed by atoms with Gasteiger partial charge in [0.05, 0.1) is 11.6 Å². The van der Waals surface area contributed by atoms with Crippen molar-refractivity contribution in [3.8, 4) is 6.07 Å². The molecule has 0 aliphatic carbocycles. The first kappa shape index (κ1) is 19.4. The SMILES string of the molecule is Cc1c(CN2CCN[C@@H](C)C2)cc(Cl)cc1NC(=O)c1cccc(C#N)c1. The first-order valence-corrected chi connectivity index (χ1v) is 9.40. The van der Waals surface area contributed by atoms with Crippen molar-refractivity contribution in [3.05, 3.63) is 63.7 Å². The van der Waals surface area contributed by atoms with Crippen LogP contribution in [-0.4, -0.2) is 36.5 Å². The van der Waals surface area contributed by atoms with Gasteiger partial charge in [0.25, 0.3) is 5.91 Å². The number of carbonyl (C=O) groups excluding carboxylic acids is 1. The van der Waals surface area contributed by atoms with Crippen molar-refractivity contribution in [3.63, 3.8) is 0 Å². The molecule has 0 aromatic heterocycles. The summed E-state index contributed by atoms with van der Waals surface area (Å²) >= 11 is 6.32. The van der Waals surface area contributed by atoms with Gasteiger partial charge in [0.2, 0.25) is 0 Å². The molecular formula is C21H23ClN4O. The Balaban J connectivity index is 1.80. The third-order valence-corrected chi connectivity index (χ3v) is 5.05. The van der Waals surface area contributed by atoms with Crippen LogP contribution in [0.1, 0.15) is 34.0 Å². The lowest BCUT2D eigenvalue weighted by Gasteiger charge is -2.32. The van der Waals surface area contributed by atoms with Gasteiger partial charge in [-0.05, 0) is 55.3 Å². The van der Waals surface area contributed by atoms with Crippen LogP contribution < -0.4 is 10.6 Å². The summed E-state index contributed by atoms with van der Waals surface area (Å²) in [5.74, 6) is -0.251. The molecule has 1 saturated heterocycles. The van der Waals surface area contributed by atoms with Crippen LogP contribution in [0, 0.1) is 18.3 Å². The Morgan fingerprint density at radius 2 is 2.22 bits per heavy atom. The number of halogens is 1. The summed E-state index contributed by atoms with van der Waals surface area (Å²) in [6.07, 6.45) is 0. The number of hydrogen-bond donors (Lipinski definition) is 2. The number of anilines is 1. The van der Waals surface area contributed by atoms with Crippen LogP contribution in [0.4, 0.5) is 5.69 Å². The number of nitrogens with one attached hydrogen (secondary N) is 2. The fourth-order valence-electron chi connectivity index (χ4n) is 3.35. The summed E-state index contributed by atoms with van der Waals surface area (Å²) in [5.41, 5.74) is 3.73. The molecule has 1 amide bonds. The van der Waals surface area contributed by atoms with E-state index in [-0.39, 0.29) is 5.91 Å². The fourth-order valence-corrected chi connectivity index (χ4v) is 3.59. The van der Waals surface area contributed by atoms with Gasteiger partial charge in [0.1, 0.15) is 0 Å².